The molecule has 2 aromatic carbocycles. The van der Waals surface area contributed by atoms with Gasteiger partial charge in [0.2, 0.25) is 0 Å². The number of Topliss-reactive ketones (excluding diaryl/α,β-unsaturated/α-hetero) is 1. The highest BCUT2D eigenvalue weighted by atomic mass is 35.5. The van der Waals surface area contributed by atoms with Gasteiger partial charge in [-0.2, -0.15) is 0 Å². The summed E-state index contributed by atoms with van der Waals surface area (Å²) in [5.41, 5.74) is 2.53. The molecule has 170 valence electrons. The molecule has 0 spiro atoms. The molecule has 0 saturated carbocycles. The first kappa shape index (κ1) is 22.7. The molecule has 1 amide bonds. The van der Waals surface area contributed by atoms with Crippen LogP contribution in [0.2, 0.25) is 5.02 Å². The monoisotopic (exact) mass is 465 g/mol. The van der Waals surface area contributed by atoms with E-state index in [1.165, 1.54) is 4.90 Å². The quantitative estimate of drug-likeness (QED) is 0.289. The summed E-state index contributed by atoms with van der Waals surface area (Å²) in [6, 6.07) is 12.9. The van der Waals surface area contributed by atoms with Crippen molar-refractivity contribution in [3.05, 3.63) is 87.3 Å². The highest BCUT2D eigenvalue weighted by Crippen LogP contribution is 2.44. The minimum Gasteiger partial charge on any atom is -0.507 e. The van der Waals surface area contributed by atoms with Crippen LogP contribution in [0, 0.1) is 20.8 Å². The lowest BCUT2D eigenvalue weighted by molar-refractivity contribution is -0.132. The Kier molecular flexibility index (Phi) is 6.04. The number of anilines is 1. The van der Waals surface area contributed by atoms with Crippen LogP contribution in [0.25, 0.3) is 5.76 Å². The van der Waals surface area contributed by atoms with Gasteiger partial charge >= 0.3 is 0 Å². The number of aliphatic hydroxyl groups is 1. The van der Waals surface area contributed by atoms with E-state index in [1.54, 1.807) is 37.3 Å². The van der Waals surface area contributed by atoms with Gasteiger partial charge in [0, 0.05) is 11.3 Å². The number of halogens is 1. The summed E-state index contributed by atoms with van der Waals surface area (Å²) in [5.74, 6) is -0.485. The minimum absolute atomic E-state index is 0.0935. The third kappa shape index (κ3) is 4.14. The predicted molar refractivity (Wildman–Crippen MR) is 127 cm³/mol. The minimum atomic E-state index is -0.952. The molecule has 1 atom stereocenters. The molecule has 3 aromatic rings. The summed E-state index contributed by atoms with van der Waals surface area (Å²) < 4.78 is 11.4. The first-order valence-corrected chi connectivity index (χ1v) is 11.0. The lowest BCUT2D eigenvalue weighted by atomic mass is 9.98. The van der Waals surface area contributed by atoms with E-state index in [2.05, 4.69) is 0 Å². The van der Waals surface area contributed by atoms with Gasteiger partial charge in [-0.3, -0.25) is 14.5 Å². The summed E-state index contributed by atoms with van der Waals surface area (Å²) in [6.07, 6.45) is 0. The zero-order valence-corrected chi connectivity index (χ0v) is 19.6. The molecule has 1 aliphatic heterocycles. The van der Waals surface area contributed by atoms with Crippen LogP contribution >= 0.6 is 11.6 Å². The van der Waals surface area contributed by atoms with E-state index in [1.807, 2.05) is 39.0 Å². The third-order valence-electron chi connectivity index (χ3n) is 5.46. The highest BCUT2D eigenvalue weighted by molar-refractivity contribution is 6.52. The molecule has 0 radical (unpaired) electrons. The number of benzene rings is 2. The third-order valence-corrected chi connectivity index (χ3v) is 5.79. The molecule has 7 heteroatoms. The van der Waals surface area contributed by atoms with Gasteiger partial charge in [-0.15, -0.1) is 0 Å². The standard InChI is InChI=1S/C26H24ClNO5/c1-5-32-18-7-8-20(27)19(13-18)24(29)22-23(21-9-6-16(4)33-21)28(26(31)25(22)30)17-11-14(2)10-15(3)12-17/h6-13,23,29H,5H2,1-4H3/b24-22+. The fourth-order valence-corrected chi connectivity index (χ4v) is 4.35. The number of amides is 1. The molecule has 33 heavy (non-hydrogen) atoms. The van der Waals surface area contributed by atoms with Crippen molar-refractivity contribution in [2.75, 3.05) is 11.5 Å². The first-order chi connectivity index (χ1) is 15.7. The van der Waals surface area contributed by atoms with Gasteiger partial charge in [0.1, 0.15) is 29.1 Å². The summed E-state index contributed by atoms with van der Waals surface area (Å²) in [5, 5.41) is 11.5. The van der Waals surface area contributed by atoms with E-state index in [9.17, 15) is 14.7 Å². The Bertz CT molecular complexity index is 1270. The second-order valence-corrected chi connectivity index (χ2v) is 8.45. The molecule has 2 heterocycles. The zero-order valence-electron chi connectivity index (χ0n) is 18.8. The van der Waals surface area contributed by atoms with Gasteiger partial charge in [0.25, 0.3) is 11.7 Å². The molecular formula is C26H24ClNO5. The SMILES string of the molecule is CCOc1ccc(Cl)c(/C(O)=C2\C(=O)C(=O)N(c3cc(C)cc(C)c3)C2c2ccc(C)o2)c1. The van der Waals surface area contributed by atoms with E-state index < -0.39 is 17.7 Å². The average molecular weight is 466 g/mol. The second kappa shape index (κ2) is 8.79. The fourth-order valence-electron chi connectivity index (χ4n) is 4.15. The van der Waals surface area contributed by atoms with Crippen LogP contribution in [0.1, 0.15) is 41.2 Å². The Morgan fingerprint density at radius 1 is 1.06 bits per heavy atom. The lowest BCUT2D eigenvalue weighted by Crippen LogP contribution is -2.29. The summed E-state index contributed by atoms with van der Waals surface area (Å²) >= 11 is 6.36. The van der Waals surface area contributed by atoms with E-state index in [4.69, 9.17) is 20.8 Å². The van der Waals surface area contributed by atoms with Crippen molar-refractivity contribution in [1.29, 1.82) is 0 Å². The van der Waals surface area contributed by atoms with Gasteiger partial charge in [0.05, 0.1) is 17.2 Å². The number of ether oxygens (including phenoxy) is 1. The molecule has 0 aliphatic carbocycles. The predicted octanol–water partition coefficient (Wildman–Crippen LogP) is 5.88. The van der Waals surface area contributed by atoms with E-state index in [-0.39, 0.29) is 21.9 Å². The topological polar surface area (TPSA) is 80.0 Å². The lowest BCUT2D eigenvalue weighted by Gasteiger charge is -2.24. The Hall–Kier alpha value is -3.51. The zero-order chi connectivity index (χ0) is 23.9. The molecule has 1 aromatic heterocycles. The smallest absolute Gasteiger partial charge is 0.300 e. The van der Waals surface area contributed by atoms with Crippen LogP contribution in [0.5, 0.6) is 5.75 Å². The number of hydrogen-bond acceptors (Lipinski definition) is 5. The van der Waals surface area contributed by atoms with Crippen LogP contribution in [0.3, 0.4) is 0 Å². The number of rotatable bonds is 5. The second-order valence-electron chi connectivity index (χ2n) is 8.04. The summed E-state index contributed by atoms with van der Waals surface area (Å²) in [4.78, 5) is 27.9. The Balaban J connectivity index is 1.96. The van der Waals surface area contributed by atoms with Crippen molar-refractivity contribution in [3.8, 4) is 5.75 Å². The van der Waals surface area contributed by atoms with Gasteiger partial charge in [-0.1, -0.05) is 17.7 Å². The molecule has 4 rings (SSSR count). The fraction of sp³-hybridized carbons (Fsp3) is 0.231. The van der Waals surface area contributed by atoms with E-state index in [0.29, 0.717) is 29.6 Å². The number of furan rings is 1. The molecule has 1 saturated heterocycles. The van der Waals surface area contributed by atoms with Gasteiger partial charge in [-0.05, 0) is 81.3 Å². The van der Waals surface area contributed by atoms with Crippen LogP contribution in [0.15, 0.2) is 58.5 Å². The van der Waals surface area contributed by atoms with Crippen molar-refractivity contribution in [2.45, 2.75) is 33.7 Å². The van der Waals surface area contributed by atoms with Crippen molar-refractivity contribution in [1.82, 2.24) is 0 Å². The number of aliphatic hydroxyl groups excluding tert-OH is 1. The Morgan fingerprint density at radius 3 is 2.36 bits per heavy atom. The van der Waals surface area contributed by atoms with Gasteiger partial charge < -0.3 is 14.3 Å². The van der Waals surface area contributed by atoms with Crippen molar-refractivity contribution in [2.24, 2.45) is 0 Å². The number of hydrogen-bond donors (Lipinski definition) is 1. The van der Waals surface area contributed by atoms with Crippen molar-refractivity contribution < 1.29 is 23.8 Å². The molecule has 6 nitrogen and oxygen atoms in total. The summed E-state index contributed by atoms with van der Waals surface area (Å²) in [6.45, 7) is 7.86. The molecule has 1 unspecified atom stereocenters. The van der Waals surface area contributed by atoms with Crippen LogP contribution in [-0.2, 0) is 9.59 Å². The van der Waals surface area contributed by atoms with E-state index >= 15 is 0 Å². The van der Waals surface area contributed by atoms with E-state index in [0.717, 1.165) is 11.1 Å². The molecule has 1 fully saturated rings. The van der Waals surface area contributed by atoms with Crippen molar-refractivity contribution >= 4 is 34.7 Å². The largest absolute Gasteiger partial charge is 0.507 e. The number of nitrogens with zero attached hydrogens (tertiary/aromatic N) is 1. The maximum atomic E-state index is 13.3. The molecule has 1 N–H and O–H groups in total. The van der Waals surface area contributed by atoms with Crippen LogP contribution in [-0.4, -0.2) is 23.4 Å². The number of ketones is 1. The number of aryl methyl sites for hydroxylation is 3. The average Bonchev–Trinajstić information content (AvgIpc) is 3.29. The number of carbonyl (C=O) groups is 2. The van der Waals surface area contributed by atoms with Gasteiger partial charge in [0.15, 0.2) is 0 Å². The maximum absolute atomic E-state index is 13.3. The molecular weight excluding hydrogens is 442 g/mol. The molecule has 0 bridgehead atoms. The van der Waals surface area contributed by atoms with Crippen LogP contribution in [0.4, 0.5) is 5.69 Å². The van der Waals surface area contributed by atoms with Crippen molar-refractivity contribution in [3.63, 3.8) is 0 Å². The van der Waals surface area contributed by atoms with Gasteiger partial charge in [-0.25, -0.2) is 0 Å². The highest BCUT2D eigenvalue weighted by Gasteiger charge is 2.48. The first-order valence-electron chi connectivity index (χ1n) is 10.6. The van der Waals surface area contributed by atoms with Crippen LogP contribution < -0.4 is 9.64 Å². The molecule has 1 aliphatic rings. The Labute approximate surface area is 197 Å². The summed E-state index contributed by atoms with van der Waals surface area (Å²) in [7, 11) is 0. The Morgan fingerprint density at radius 2 is 1.76 bits per heavy atom. The number of carbonyl (C=O) groups excluding carboxylic acids is 2. The normalized spacial score (nSPS) is 17.6. The maximum Gasteiger partial charge on any atom is 0.300 e.